The van der Waals surface area contributed by atoms with Gasteiger partial charge >= 0.3 is 0 Å². The average molecular weight is 315 g/mol. The minimum Gasteiger partial charge on any atom is -0.340 e. The molecule has 1 aromatic rings. The Labute approximate surface area is 137 Å². The predicted octanol–water partition coefficient (Wildman–Crippen LogP) is 1.12. The number of likely N-dealkylation sites (tertiary alicyclic amines) is 1. The first-order valence-corrected chi connectivity index (χ1v) is 8.24. The number of aryl methyl sites for hydroxylation is 1. The summed E-state index contributed by atoms with van der Waals surface area (Å²) in [5, 5.41) is 0. The lowest BCUT2D eigenvalue weighted by Crippen LogP contribution is -2.52. The summed E-state index contributed by atoms with van der Waals surface area (Å²) in [4.78, 5) is 30.5. The zero-order valence-corrected chi connectivity index (χ0v) is 14.2. The molecule has 0 aromatic heterocycles. The Morgan fingerprint density at radius 1 is 1.13 bits per heavy atom. The number of carbonyl (C=O) groups excluding carboxylic acids is 2. The Morgan fingerprint density at radius 2 is 1.83 bits per heavy atom. The van der Waals surface area contributed by atoms with Crippen molar-refractivity contribution in [1.82, 2.24) is 14.7 Å². The largest absolute Gasteiger partial charge is 0.340 e. The second kappa shape index (κ2) is 6.32. The Hall–Kier alpha value is -1.88. The van der Waals surface area contributed by atoms with Crippen molar-refractivity contribution in [2.75, 3.05) is 33.7 Å². The highest BCUT2D eigenvalue weighted by Gasteiger charge is 2.42. The standard InChI is InChI=1S/C18H25N3O2/c1-13-4-6-14(7-5-13)10-21-9-8-16-15(11-21)18(23)19(2)12-17(22)20(16)3/h4-7,15-16H,8-12H2,1-3H3/t15-,16+/m0/s1. The lowest BCUT2D eigenvalue weighted by atomic mass is 9.90. The minimum atomic E-state index is -0.115. The molecule has 5 nitrogen and oxygen atoms in total. The Bertz CT molecular complexity index is 599. The van der Waals surface area contributed by atoms with E-state index >= 15 is 0 Å². The fraction of sp³-hybridized carbons (Fsp3) is 0.556. The number of piperidine rings is 1. The normalized spacial score (nSPS) is 26.2. The summed E-state index contributed by atoms with van der Waals surface area (Å²) in [5.41, 5.74) is 2.53. The van der Waals surface area contributed by atoms with Gasteiger partial charge in [-0.15, -0.1) is 0 Å². The summed E-state index contributed by atoms with van der Waals surface area (Å²) in [6, 6.07) is 8.59. The molecule has 2 fully saturated rings. The number of likely N-dealkylation sites (N-methyl/N-ethyl adjacent to an activating group) is 2. The molecule has 2 aliphatic heterocycles. The lowest BCUT2D eigenvalue weighted by molar-refractivity contribution is -0.136. The maximum atomic E-state index is 12.6. The second-order valence-corrected chi connectivity index (χ2v) is 6.88. The summed E-state index contributed by atoms with van der Waals surface area (Å²) in [7, 11) is 3.57. The van der Waals surface area contributed by atoms with Gasteiger partial charge in [-0.25, -0.2) is 0 Å². The van der Waals surface area contributed by atoms with E-state index in [0.717, 1.165) is 26.1 Å². The van der Waals surface area contributed by atoms with Gasteiger partial charge in [-0.05, 0) is 18.9 Å². The highest BCUT2D eigenvalue weighted by Crippen LogP contribution is 2.27. The molecular formula is C18H25N3O2. The van der Waals surface area contributed by atoms with E-state index in [1.165, 1.54) is 11.1 Å². The van der Waals surface area contributed by atoms with Crippen LogP contribution in [0.3, 0.4) is 0 Å². The number of rotatable bonds is 2. The molecule has 2 atom stereocenters. The number of amides is 2. The maximum Gasteiger partial charge on any atom is 0.242 e. The van der Waals surface area contributed by atoms with Crippen LogP contribution in [0.4, 0.5) is 0 Å². The van der Waals surface area contributed by atoms with Gasteiger partial charge < -0.3 is 9.80 Å². The average Bonchev–Trinajstić information content (AvgIpc) is 2.62. The fourth-order valence-electron chi connectivity index (χ4n) is 3.67. The topological polar surface area (TPSA) is 43.9 Å². The van der Waals surface area contributed by atoms with Gasteiger partial charge in [0.2, 0.25) is 11.8 Å². The van der Waals surface area contributed by atoms with Gasteiger partial charge in [-0.2, -0.15) is 0 Å². The summed E-state index contributed by atoms with van der Waals surface area (Å²) in [5.74, 6) is 0.0253. The van der Waals surface area contributed by atoms with Gasteiger partial charge in [-0.1, -0.05) is 29.8 Å². The van der Waals surface area contributed by atoms with Crippen LogP contribution in [0.15, 0.2) is 24.3 Å². The number of fused-ring (bicyclic) bond motifs is 1. The van der Waals surface area contributed by atoms with Gasteiger partial charge in [0.15, 0.2) is 0 Å². The van der Waals surface area contributed by atoms with Crippen molar-refractivity contribution in [2.24, 2.45) is 5.92 Å². The molecule has 2 saturated heterocycles. The third-order valence-corrected chi connectivity index (χ3v) is 5.14. The van der Waals surface area contributed by atoms with E-state index in [-0.39, 0.29) is 30.3 Å². The Morgan fingerprint density at radius 3 is 2.52 bits per heavy atom. The van der Waals surface area contributed by atoms with Crippen LogP contribution < -0.4 is 0 Å². The van der Waals surface area contributed by atoms with Crippen molar-refractivity contribution >= 4 is 11.8 Å². The van der Waals surface area contributed by atoms with Gasteiger partial charge in [0.25, 0.3) is 0 Å². The molecule has 23 heavy (non-hydrogen) atoms. The molecule has 0 N–H and O–H groups in total. The van der Waals surface area contributed by atoms with E-state index in [2.05, 4.69) is 36.1 Å². The molecule has 0 spiro atoms. The zero-order chi connectivity index (χ0) is 16.6. The summed E-state index contributed by atoms with van der Waals surface area (Å²) >= 11 is 0. The smallest absolute Gasteiger partial charge is 0.242 e. The van der Waals surface area contributed by atoms with Crippen LogP contribution in [0.25, 0.3) is 0 Å². The minimum absolute atomic E-state index is 0.0363. The highest BCUT2D eigenvalue weighted by molar-refractivity contribution is 5.89. The van der Waals surface area contributed by atoms with E-state index in [1.54, 1.807) is 16.8 Å². The molecule has 0 saturated carbocycles. The molecule has 0 bridgehead atoms. The maximum absolute atomic E-state index is 12.6. The molecule has 5 heteroatoms. The van der Waals surface area contributed by atoms with Crippen LogP contribution in [0, 0.1) is 12.8 Å². The van der Waals surface area contributed by atoms with E-state index in [4.69, 9.17) is 0 Å². The van der Waals surface area contributed by atoms with Crippen molar-refractivity contribution in [3.8, 4) is 0 Å². The lowest BCUT2D eigenvalue weighted by Gasteiger charge is -2.40. The summed E-state index contributed by atoms with van der Waals surface area (Å²) in [6.45, 7) is 4.78. The van der Waals surface area contributed by atoms with Gasteiger partial charge in [-0.3, -0.25) is 14.5 Å². The predicted molar refractivity (Wildman–Crippen MR) is 88.8 cm³/mol. The first-order valence-electron chi connectivity index (χ1n) is 8.24. The number of benzene rings is 1. The van der Waals surface area contributed by atoms with Crippen molar-refractivity contribution in [3.63, 3.8) is 0 Å². The van der Waals surface area contributed by atoms with Crippen LogP contribution in [-0.4, -0.2) is 66.3 Å². The third-order valence-electron chi connectivity index (χ3n) is 5.14. The molecule has 2 amide bonds. The molecule has 124 valence electrons. The molecule has 0 unspecified atom stereocenters. The van der Waals surface area contributed by atoms with Crippen LogP contribution >= 0.6 is 0 Å². The van der Waals surface area contributed by atoms with Crippen molar-refractivity contribution < 1.29 is 9.59 Å². The first-order chi connectivity index (χ1) is 11.0. The van der Waals surface area contributed by atoms with Crippen molar-refractivity contribution in [3.05, 3.63) is 35.4 Å². The summed E-state index contributed by atoms with van der Waals surface area (Å²) in [6.07, 6.45) is 0.859. The molecule has 1 aromatic carbocycles. The van der Waals surface area contributed by atoms with Crippen LogP contribution in [0.2, 0.25) is 0 Å². The SMILES string of the molecule is Cc1ccc(CN2CC[C@@H]3[C@H](C2)C(=O)N(C)CC(=O)N3C)cc1. The van der Waals surface area contributed by atoms with Gasteiger partial charge in [0.1, 0.15) is 0 Å². The van der Waals surface area contributed by atoms with E-state index < -0.39 is 0 Å². The zero-order valence-electron chi connectivity index (χ0n) is 14.2. The number of nitrogens with zero attached hydrogens (tertiary/aromatic N) is 3. The second-order valence-electron chi connectivity index (χ2n) is 6.88. The quantitative estimate of drug-likeness (QED) is 0.821. The van der Waals surface area contributed by atoms with Gasteiger partial charge in [0.05, 0.1) is 12.5 Å². The number of hydrogen-bond acceptors (Lipinski definition) is 3. The van der Waals surface area contributed by atoms with Gasteiger partial charge in [0, 0.05) is 39.8 Å². The van der Waals surface area contributed by atoms with Crippen LogP contribution in [0.5, 0.6) is 0 Å². The molecule has 0 radical (unpaired) electrons. The van der Waals surface area contributed by atoms with E-state index in [0.29, 0.717) is 0 Å². The van der Waals surface area contributed by atoms with E-state index in [1.807, 2.05) is 7.05 Å². The summed E-state index contributed by atoms with van der Waals surface area (Å²) < 4.78 is 0. The number of carbonyl (C=O) groups is 2. The van der Waals surface area contributed by atoms with Crippen LogP contribution in [0.1, 0.15) is 17.5 Å². The third kappa shape index (κ3) is 3.24. The van der Waals surface area contributed by atoms with Crippen LogP contribution in [-0.2, 0) is 16.1 Å². The molecule has 3 rings (SSSR count). The highest BCUT2D eigenvalue weighted by atomic mass is 16.2. The molecule has 2 aliphatic rings. The fourth-order valence-corrected chi connectivity index (χ4v) is 3.67. The Balaban J connectivity index is 1.73. The number of hydrogen-bond donors (Lipinski definition) is 0. The van der Waals surface area contributed by atoms with Crippen molar-refractivity contribution in [2.45, 2.75) is 25.9 Å². The van der Waals surface area contributed by atoms with E-state index in [9.17, 15) is 9.59 Å². The first kappa shape index (κ1) is 16.0. The molecule has 0 aliphatic carbocycles. The monoisotopic (exact) mass is 315 g/mol. The van der Waals surface area contributed by atoms with Crippen molar-refractivity contribution in [1.29, 1.82) is 0 Å². The molecule has 2 heterocycles. The molecular weight excluding hydrogens is 290 g/mol. The Kier molecular flexibility index (Phi) is 4.39.